The van der Waals surface area contributed by atoms with Crippen LogP contribution in [0.3, 0.4) is 0 Å². The van der Waals surface area contributed by atoms with Crippen molar-refractivity contribution in [1.82, 2.24) is 0 Å². The van der Waals surface area contributed by atoms with Crippen LogP contribution in [0.1, 0.15) is 32.3 Å². The Labute approximate surface area is 119 Å². The van der Waals surface area contributed by atoms with E-state index in [0.29, 0.717) is 0 Å². The van der Waals surface area contributed by atoms with E-state index in [1.54, 1.807) is 0 Å². The zero-order valence-electron chi connectivity index (χ0n) is 11.3. The lowest BCUT2D eigenvalue weighted by Gasteiger charge is -2.20. The predicted molar refractivity (Wildman–Crippen MR) is 82.1 cm³/mol. The van der Waals surface area contributed by atoms with Crippen molar-refractivity contribution in [2.45, 2.75) is 39.2 Å². The van der Waals surface area contributed by atoms with Crippen LogP contribution in [-0.2, 0) is 6.42 Å². The van der Waals surface area contributed by atoms with Gasteiger partial charge in [0.15, 0.2) is 0 Å². The van der Waals surface area contributed by atoms with Crippen molar-refractivity contribution in [3.8, 4) is 0 Å². The third-order valence-electron chi connectivity index (χ3n) is 3.83. The number of hydrogen-bond acceptors (Lipinski definition) is 2. The first kappa shape index (κ1) is 13.9. The second kappa shape index (κ2) is 6.07. The van der Waals surface area contributed by atoms with E-state index in [1.807, 2.05) is 0 Å². The predicted octanol–water partition coefficient (Wildman–Crippen LogP) is 3.58. The lowest BCUT2D eigenvalue weighted by atomic mass is 10.0. The number of hydrogen-bond donors (Lipinski definition) is 1. The molecule has 0 aromatic heterocycles. The lowest BCUT2D eigenvalue weighted by molar-refractivity contribution is 0.645. The molecule has 1 heterocycles. The summed E-state index contributed by atoms with van der Waals surface area (Å²) in [5.41, 5.74) is 8.67. The lowest BCUT2D eigenvalue weighted by Crippen LogP contribution is -2.22. The summed E-state index contributed by atoms with van der Waals surface area (Å²) in [5.74, 6) is 0.817. The molecule has 0 amide bonds. The molecule has 2 rings (SSSR count). The van der Waals surface area contributed by atoms with Crippen LogP contribution in [0.15, 0.2) is 22.7 Å². The van der Waals surface area contributed by atoms with E-state index in [-0.39, 0.29) is 6.04 Å². The fourth-order valence-electron chi connectivity index (χ4n) is 2.49. The molecule has 1 aliphatic heterocycles. The van der Waals surface area contributed by atoms with Crippen LogP contribution < -0.4 is 10.6 Å². The second-order valence-electron chi connectivity index (χ2n) is 5.49. The quantitative estimate of drug-likeness (QED) is 0.921. The summed E-state index contributed by atoms with van der Waals surface area (Å²) in [4.78, 5) is 2.47. The van der Waals surface area contributed by atoms with E-state index < -0.39 is 0 Å². The number of nitrogens with two attached hydrogens (primary N) is 1. The van der Waals surface area contributed by atoms with E-state index in [1.165, 1.54) is 35.2 Å². The molecular weight excluding hydrogens is 288 g/mol. The van der Waals surface area contributed by atoms with Crippen molar-refractivity contribution >= 4 is 21.6 Å². The molecule has 3 heteroatoms. The normalized spacial score (nSPS) is 21.3. The van der Waals surface area contributed by atoms with Crippen molar-refractivity contribution in [1.29, 1.82) is 0 Å². The van der Waals surface area contributed by atoms with Gasteiger partial charge in [-0.1, -0.05) is 35.8 Å². The van der Waals surface area contributed by atoms with Gasteiger partial charge in [0.05, 0.1) is 0 Å². The highest BCUT2D eigenvalue weighted by atomic mass is 79.9. The van der Waals surface area contributed by atoms with Gasteiger partial charge in [0.2, 0.25) is 0 Å². The fourth-order valence-corrected chi connectivity index (χ4v) is 3.02. The molecule has 18 heavy (non-hydrogen) atoms. The number of rotatable bonds is 4. The summed E-state index contributed by atoms with van der Waals surface area (Å²) in [6, 6.07) is 6.97. The minimum atomic E-state index is 0.263. The standard InChI is InChI=1S/C15H23BrN2/c1-3-13(17)8-12-4-5-14(9-15(12)16)18-7-6-11(2)10-18/h4-5,9,11,13H,3,6-8,10,17H2,1-2H3. The largest absolute Gasteiger partial charge is 0.371 e. The van der Waals surface area contributed by atoms with Crippen molar-refractivity contribution in [2.24, 2.45) is 11.7 Å². The zero-order chi connectivity index (χ0) is 13.1. The molecule has 0 bridgehead atoms. The van der Waals surface area contributed by atoms with E-state index in [2.05, 4.69) is 52.9 Å². The van der Waals surface area contributed by atoms with Gasteiger partial charge >= 0.3 is 0 Å². The molecule has 1 aromatic rings. The molecule has 0 saturated carbocycles. The number of benzene rings is 1. The van der Waals surface area contributed by atoms with Crippen molar-refractivity contribution in [3.05, 3.63) is 28.2 Å². The van der Waals surface area contributed by atoms with Crippen LogP contribution >= 0.6 is 15.9 Å². The van der Waals surface area contributed by atoms with Gasteiger partial charge in [-0.15, -0.1) is 0 Å². The van der Waals surface area contributed by atoms with Gasteiger partial charge in [-0.3, -0.25) is 0 Å². The van der Waals surface area contributed by atoms with Gasteiger partial charge in [0.25, 0.3) is 0 Å². The van der Waals surface area contributed by atoms with Crippen molar-refractivity contribution in [3.63, 3.8) is 0 Å². The van der Waals surface area contributed by atoms with Gasteiger partial charge in [-0.2, -0.15) is 0 Å². The molecule has 2 unspecified atom stereocenters. The first-order chi connectivity index (χ1) is 8.60. The molecule has 0 spiro atoms. The summed E-state index contributed by atoms with van der Waals surface area (Å²) in [6.07, 6.45) is 3.28. The Balaban J connectivity index is 2.09. The van der Waals surface area contributed by atoms with Crippen molar-refractivity contribution < 1.29 is 0 Å². The topological polar surface area (TPSA) is 29.3 Å². The van der Waals surface area contributed by atoms with Crippen LogP contribution in [0.25, 0.3) is 0 Å². The highest BCUT2D eigenvalue weighted by Gasteiger charge is 2.19. The van der Waals surface area contributed by atoms with E-state index in [0.717, 1.165) is 18.8 Å². The molecule has 1 aromatic carbocycles. The SMILES string of the molecule is CCC(N)Cc1ccc(N2CCC(C)C2)cc1Br. The Kier molecular flexibility index (Phi) is 4.68. The van der Waals surface area contributed by atoms with Gasteiger partial charge in [0.1, 0.15) is 0 Å². The Morgan fingerprint density at radius 1 is 1.50 bits per heavy atom. The molecule has 2 nitrogen and oxygen atoms in total. The minimum Gasteiger partial charge on any atom is -0.371 e. The maximum absolute atomic E-state index is 6.02. The van der Waals surface area contributed by atoms with Gasteiger partial charge in [0, 0.05) is 29.3 Å². The van der Waals surface area contributed by atoms with Crippen LogP contribution in [0.2, 0.25) is 0 Å². The molecular formula is C15H23BrN2. The number of nitrogens with zero attached hydrogens (tertiary/aromatic N) is 1. The third kappa shape index (κ3) is 3.27. The molecule has 1 fully saturated rings. The summed E-state index contributed by atoms with van der Waals surface area (Å²) >= 11 is 3.68. The highest BCUT2D eigenvalue weighted by Crippen LogP contribution is 2.28. The molecule has 1 aliphatic rings. The zero-order valence-corrected chi connectivity index (χ0v) is 12.9. The minimum absolute atomic E-state index is 0.263. The van der Waals surface area contributed by atoms with Crippen molar-refractivity contribution in [2.75, 3.05) is 18.0 Å². The molecule has 100 valence electrons. The van der Waals surface area contributed by atoms with Crippen LogP contribution in [-0.4, -0.2) is 19.1 Å². The number of anilines is 1. The Morgan fingerprint density at radius 3 is 2.83 bits per heavy atom. The highest BCUT2D eigenvalue weighted by molar-refractivity contribution is 9.10. The summed E-state index contributed by atoms with van der Waals surface area (Å²) in [7, 11) is 0. The average Bonchev–Trinajstić information content (AvgIpc) is 2.78. The fraction of sp³-hybridized carbons (Fsp3) is 0.600. The van der Waals surface area contributed by atoms with E-state index >= 15 is 0 Å². The molecule has 0 radical (unpaired) electrons. The third-order valence-corrected chi connectivity index (χ3v) is 4.57. The first-order valence-electron chi connectivity index (χ1n) is 6.89. The van der Waals surface area contributed by atoms with Gasteiger partial charge in [-0.25, -0.2) is 0 Å². The maximum atomic E-state index is 6.02. The van der Waals surface area contributed by atoms with E-state index in [9.17, 15) is 0 Å². The monoisotopic (exact) mass is 310 g/mol. The Hall–Kier alpha value is -0.540. The smallest absolute Gasteiger partial charge is 0.0377 e. The van der Waals surface area contributed by atoms with Gasteiger partial charge in [-0.05, 0) is 42.9 Å². The molecule has 2 N–H and O–H groups in total. The van der Waals surface area contributed by atoms with Crippen LogP contribution in [0.4, 0.5) is 5.69 Å². The Bertz CT molecular complexity index is 405. The summed E-state index contributed by atoms with van der Waals surface area (Å²) in [5, 5.41) is 0. The second-order valence-corrected chi connectivity index (χ2v) is 6.34. The first-order valence-corrected chi connectivity index (χ1v) is 7.68. The number of halogens is 1. The molecule has 1 saturated heterocycles. The Morgan fingerprint density at radius 2 is 2.28 bits per heavy atom. The maximum Gasteiger partial charge on any atom is 0.0377 e. The van der Waals surface area contributed by atoms with Crippen LogP contribution in [0, 0.1) is 5.92 Å². The van der Waals surface area contributed by atoms with Crippen LogP contribution in [0.5, 0.6) is 0 Å². The summed E-state index contributed by atoms with van der Waals surface area (Å²) in [6.45, 7) is 6.82. The average molecular weight is 311 g/mol. The molecule has 2 atom stereocenters. The summed E-state index contributed by atoms with van der Waals surface area (Å²) < 4.78 is 1.20. The van der Waals surface area contributed by atoms with Gasteiger partial charge < -0.3 is 10.6 Å². The molecule has 0 aliphatic carbocycles. The van der Waals surface area contributed by atoms with E-state index in [4.69, 9.17) is 5.73 Å².